The van der Waals surface area contributed by atoms with E-state index in [2.05, 4.69) is 44.1 Å². The number of carbonyl (C=O) groups is 2. The van der Waals surface area contributed by atoms with Crippen LogP contribution >= 0.6 is 15.9 Å². The minimum atomic E-state index is -1.34. The zero-order valence-electron chi connectivity index (χ0n) is 35.5. The summed E-state index contributed by atoms with van der Waals surface area (Å²) in [6.07, 6.45) is 7.97. The highest BCUT2D eigenvalue weighted by atomic mass is 79.9. The van der Waals surface area contributed by atoms with Gasteiger partial charge in [-0.15, -0.1) is 0 Å². The number of fused-ring (bicyclic) bond motifs is 2. The van der Waals surface area contributed by atoms with E-state index in [0.29, 0.717) is 18.3 Å². The summed E-state index contributed by atoms with van der Waals surface area (Å²) in [5, 5.41) is 17.2. The van der Waals surface area contributed by atoms with Crippen molar-refractivity contribution >= 4 is 40.1 Å². The van der Waals surface area contributed by atoms with Crippen LogP contribution in [0.5, 0.6) is 23.0 Å². The van der Waals surface area contributed by atoms with Crippen LogP contribution < -0.4 is 24.4 Å². The minimum absolute atomic E-state index is 0. The van der Waals surface area contributed by atoms with Crippen molar-refractivity contribution in [2.75, 3.05) is 20.7 Å². The fraction of sp³-hybridized carbons (Fsp3) is 0.280. The molecule has 4 aromatic carbocycles. The van der Waals surface area contributed by atoms with Crippen LogP contribution in [0, 0.1) is 13.8 Å². The Hall–Kier alpha value is -5.89. The van der Waals surface area contributed by atoms with Gasteiger partial charge in [0.15, 0.2) is 23.0 Å². The lowest BCUT2D eigenvalue weighted by atomic mass is 9.81. The Morgan fingerprint density at radius 2 is 1.13 bits per heavy atom. The third-order valence-electron chi connectivity index (χ3n) is 11.6. The molecule has 6 aromatic rings. The molecule has 0 amide bonds. The number of benzene rings is 4. The zero-order chi connectivity index (χ0) is 44.6. The normalized spacial score (nSPS) is 15.0. The third kappa shape index (κ3) is 10.7. The fourth-order valence-corrected chi connectivity index (χ4v) is 8.05. The van der Waals surface area contributed by atoms with Crippen LogP contribution in [0.15, 0.2) is 126 Å². The number of pyridine rings is 2. The van der Waals surface area contributed by atoms with Gasteiger partial charge in [-0.2, -0.15) is 0 Å². The van der Waals surface area contributed by atoms with Gasteiger partial charge in [-0.3, -0.25) is 23.9 Å². The van der Waals surface area contributed by atoms with E-state index in [1.165, 1.54) is 0 Å². The predicted molar refractivity (Wildman–Crippen MR) is 245 cm³/mol. The predicted octanol–water partition coefficient (Wildman–Crippen LogP) is 8.94. The van der Waals surface area contributed by atoms with Crippen molar-refractivity contribution in [2.45, 2.75) is 70.6 Å². The summed E-state index contributed by atoms with van der Waals surface area (Å²) in [4.78, 5) is 35.0. The second kappa shape index (κ2) is 20.5. The molecule has 326 valence electrons. The van der Waals surface area contributed by atoms with Gasteiger partial charge < -0.3 is 29.0 Å². The minimum Gasteiger partial charge on any atom is -0.454 e. The lowest BCUT2D eigenvalue weighted by Gasteiger charge is -2.16. The Balaban J connectivity index is 0.000000169. The molecule has 13 heteroatoms. The quantitative estimate of drug-likeness (QED) is 0.128. The van der Waals surface area contributed by atoms with E-state index in [9.17, 15) is 14.0 Å². The molecule has 2 saturated carbocycles. The number of carbonyl (C=O) groups excluding carboxylic acids is 2. The molecule has 2 N–H and O–H groups in total. The maximum atomic E-state index is 13.2. The van der Waals surface area contributed by atoms with Gasteiger partial charge in [-0.1, -0.05) is 80.2 Å². The van der Waals surface area contributed by atoms with E-state index in [4.69, 9.17) is 30.4 Å². The van der Waals surface area contributed by atoms with E-state index in [-0.39, 0.29) is 38.0 Å². The highest BCUT2D eigenvalue weighted by Crippen LogP contribution is 2.53. The summed E-state index contributed by atoms with van der Waals surface area (Å²) in [5.41, 5.74) is 7.85. The van der Waals surface area contributed by atoms with Crippen LogP contribution in [0.25, 0.3) is 11.1 Å². The number of nitrogens with zero attached hydrogens (tertiary/aromatic N) is 2. The van der Waals surface area contributed by atoms with Gasteiger partial charge in [0.05, 0.1) is 25.0 Å². The summed E-state index contributed by atoms with van der Waals surface area (Å²) >= 11 is 3.48. The summed E-state index contributed by atoms with van der Waals surface area (Å²) in [6.45, 7) is 4.44. The van der Waals surface area contributed by atoms with Crippen molar-refractivity contribution < 1.29 is 44.3 Å². The van der Waals surface area contributed by atoms with Crippen molar-refractivity contribution in [1.29, 1.82) is 0 Å². The van der Waals surface area contributed by atoms with Crippen LogP contribution in [0.2, 0.25) is 0 Å². The van der Waals surface area contributed by atoms with E-state index >= 15 is 0 Å². The monoisotopic (exact) mass is 917 g/mol. The number of halogens is 2. The van der Waals surface area contributed by atoms with Crippen LogP contribution in [0.1, 0.15) is 68.1 Å². The molecular formula is C50H51BBrFN2O8. The maximum absolute atomic E-state index is 13.2. The number of aromatic nitrogens is 2. The highest BCUT2D eigenvalue weighted by molar-refractivity contribution is 9.10. The van der Waals surface area contributed by atoms with Crippen molar-refractivity contribution in [3.05, 3.63) is 160 Å². The second-order valence-electron chi connectivity index (χ2n) is 15.5. The highest BCUT2D eigenvalue weighted by Gasteiger charge is 2.51. The Morgan fingerprint density at radius 1 is 0.683 bits per heavy atom. The molecule has 0 radical (unpaired) electrons. The van der Waals surface area contributed by atoms with Gasteiger partial charge in [0.2, 0.25) is 13.6 Å². The number of aryl methyl sites for hydroxylation is 2. The molecule has 10 rings (SSSR count). The van der Waals surface area contributed by atoms with Crippen LogP contribution in [0.4, 0.5) is 4.39 Å². The van der Waals surface area contributed by atoms with Crippen molar-refractivity contribution in [1.82, 2.24) is 9.97 Å². The number of Topliss-reactive ketones (excluding diaryl/α,β-unsaturated/α-hetero) is 2. The first-order valence-electron chi connectivity index (χ1n) is 20.9. The summed E-state index contributed by atoms with van der Waals surface area (Å²) in [5.74, 6) is 3.47. The topological polar surface area (TPSA) is 137 Å². The number of hydrogen-bond donors (Lipinski definition) is 2. The molecule has 10 nitrogen and oxygen atoms in total. The van der Waals surface area contributed by atoms with Crippen LogP contribution in [-0.2, 0) is 33.3 Å². The third-order valence-corrected chi connectivity index (χ3v) is 12.4. The first kappa shape index (κ1) is 45.1. The molecule has 2 aliphatic heterocycles. The van der Waals surface area contributed by atoms with E-state index in [1.807, 2.05) is 86.8 Å². The van der Waals surface area contributed by atoms with Gasteiger partial charge >= 0.3 is 7.12 Å². The van der Waals surface area contributed by atoms with E-state index < -0.39 is 19.7 Å². The molecule has 2 aliphatic carbocycles. The molecule has 0 unspecified atom stereocenters. The molecule has 4 heterocycles. The summed E-state index contributed by atoms with van der Waals surface area (Å²) < 4.78 is 38.1. The van der Waals surface area contributed by atoms with Crippen molar-refractivity contribution in [2.24, 2.45) is 0 Å². The molecular weight excluding hydrogens is 866 g/mol. The molecule has 0 bridgehead atoms. The first-order valence-corrected chi connectivity index (χ1v) is 21.0. The van der Waals surface area contributed by atoms with Gasteiger partial charge in [-0.05, 0) is 125 Å². The average molecular weight is 919 g/mol. The van der Waals surface area contributed by atoms with Crippen molar-refractivity contribution in [3.63, 3.8) is 0 Å². The average Bonchev–Trinajstić information content (AvgIpc) is 4.19. The molecule has 0 atom stereocenters. The van der Waals surface area contributed by atoms with Gasteiger partial charge in [0.1, 0.15) is 11.6 Å². The number of hydrogen-bond acceptors (Lipinski definition) is 10. The summed E-state index contributed by atoms with van der Waals surface area (Å²) in [6, 6.07) is 34.6. The Labute approximate surface area is 378 Å². The Morgan fingerprint density at radius 3 is 1.57 bits per heavy atom. The SMILES string of the molecule is C.Cc1ncc(CC(=O)C2(c3ccc4c(c3)OCO4)CC2)cc1-c1ccccc1.Cc1ncc(CC(=O)C2(c3ccc4c(c3)OCO4)CC2)cc1Br.OB(O)c1ccccc1.[2H]CF. The number of ether oxygens (including phenoxy) is 4. The Kier molecular flexibility index (Phi) is 14.7. The molecule has 2 aromatic heterocycles. The lowest BCUT2D eigenvalue weighted by molar-refractivity contribution is -0.121. The molecule has 2 fully saturated rings. The molecule has 4 aliphatic rings. The smallest absolute Gasteiger partial charge is 0.454 e. The maximum Gasteiger partial charge on any atom is 0.488 e. The van der Waals surface area contributed by atoms with Crippen LogP contribution in [0.3, 0.4) is 0 Å². The van der Waals surface area contributed by atoms with E-state index in [1.54, 1.807) is 30.5 Å². The van der Waals surface area contributed by atoms with Gasteiger partial charge in [-0.25, -0.2) is 0 Å². The largest absolute Gasteiger partial charge is 0.488 e. The standard InChI is InChI=1S/C24H21NO3.C18H16BrNO3.C6H7BO2.CH3F.CH4/c1-16-20(18-5-3-2-4-6-18)11-17(14-25-16)12-23(26)24(9-10-24)19-7-8-21-22(13-19)28-15-27-21;1-11-14(19)6-12(9-20-11)7-17(21)18(4-5-18)13-2-3-15-16(8-13)23-10-22-15;8-7(9)6-4-2-1-3-5-6;1-2;/h2-8,11,13-14H,9-10,12,15H2,1H3;2-3,6,8-9H,4-5,7,10H2,1H3;1-5,8-9H;1H3;1H4/i;;;1D;. The van der Waals surface area contributed by atoms with Crippen molar-refractivity contribution in [3.8, 4) is 34.1 Å². The zero-order valence-corrected chi connectivity index (χ0v) is 36.1. The van der Waals surface area contributed by atoms with Crippen LogP contribution in [-0.4, -0.2) is 59.4 Å². The molecule has 63 heavy (non-hydrogen) atoms. The lowest BCUT2D eigenvalue weighted by Crippen LogP contribution is -2.29. The van der Waals surface area contributed by atoms with Gasteiger partial charge in [0, 0.05) is 41.0 Å². The van der Waals surface area contributed by atoms with Gasteiger partial charge in [0.25, 0.3) is 0 Å². The Bertz CT molecular complexity index is 2560. The number of rotatable bonds is 10. The fourth-order valence-electron chi connectivity index (χ4n) is 7.66. The number of alkyl halides is 1. The first-order chi connectivity index (χ1) is 30.5. The molecule has 0 saturated heterocycles. The second-order valence-corrected chi connectivity index (χ2v) is 16.4. The van der Waals surface area contributed by atoms with E-state index in [0.717, 1.165) is 97.9 Å². The summed E-state index contributed by atoms with van der Waals surface area (Å²) in [7, 11) is -2.34. The number of ketones is 2. The molecule has 0 spiro atoms.